The maximum Gasteiger partial charge on any atom is 0.394 e. The topological polar surface area (TPSA) is 129 Å². The highest BCUT2D eigenvalue weighted by Gasteiger charge is 1.97. The standard InChI is InChI=1S/C7H7N3.H2O4S/c8-7-5-3-1-2-4-6(5)9-10-7;1-5(2,3)4/h1-4H,(H3,8,9,10);(H2,1,2,3,4). The lowest BCUT2D eigenvalue weighted by molar-refractivity contribution is 0.381. The van der Waals surface area contributed by atoms with Gasteiger partial charge in [0.1, 0.15) is 0 Å². The molecule has 1 aromatic carbocycles. The van der Waals surface area contributed by atoms with E-state index in [9.17, 15) is 0 Å². The van der Waals surface area contributed by atoms with Crippen LogP contribution < -0.4 is 5.73 Å². The van der Waals surface area contributed by atoms with E-state index >= 15 is 0 Å². The van der Waals surface area contributed by atoms with Crippen LogP contribution in [-0.2, 0) is 10.4 Å². The number of aromatic nitrogens is 2. The van der Waals surface area contributed by atoms with E-state index in [4.69, 9.17) is 23.3 Å². The van der Waals surface area contributed by atoms with Gasteiger partial charge in [0.25, 0.3) is 0 Å². The Morgan fingerprint density at radius 1 is 1.27 bits per heavy atom. The third kappa shape index (κ3) is 3.94. The van der Waals surface area contributed by atoms with Crippen molar-refractivity contribution in [1.29, 1.82) is 0 Å². The Kier molecular flexibility index (Phi) is 3.24. The normalized spacial score (nSPS) is 10.8. The molecule has 8 heteroatoms. The molecule has 0 aliphatic rings. The zero-order valence-electron chi connectivity index (χ0n) is 7.45. The van der Waals surface area contributed by atoms with E-state index in [2.05, 4.69) is 10.2 Å². The zero-order valence-corrected chi connectivity index (χ0v) is 8.27. The Bertz CT molecular complexity index is 540. The van der Waals surface area contributed by atoms with Gasteiger partial charge in [0, 0.05) is 5.39 Å². The maximum absolute atomic E-state index is 8.74. The number of hydrogen-bond acceptors (Lipinski definition) is 4. The smallest absolute Gasteiger partial charge is 0.382 e. The summed E-state index contributed by atoms with van der Waals surface area (Å²) in [7, 11) is -4.67. The fourth-order valence-corrected chi connectivity index (χ4v) is 0.985. The van der Waals surface area contributed by atoms with E-state index < -0.39 is 10.4 Å². The Morgan fingerprint density at radius 3 is 2.33 bits per heavy atom. The predicted octanol–water partition coefficient (Wildman–Crippen LogP) is 0.492. The van der Waals surface area contributed by atoms with Gasteiger partial charge in [0.05, 0.1) is 5.52 Å². The number of fused-ring (bicyclic) bond motifs is 1. The highest BCUT2D eigenvalue weighted by Crippen LogP contribution is 2.15. The Labute approximate surface area is 85.5 Å². The molecular formula is C7H9N3O4S. The van der Waals surface area contributed by atoms with Crippen LogP contribution in [0.5, 0.6) is 0 Å². The second-order valence-corrected chi connectivity index (χ2v) is 3.50. The van der Waals surface area contributed by atoms with E-state index in [0.717, 1.165) is 10.9 Å². The molecular weight excluding hydrogens is 222 g/mol. The molecule has 0 fully saturated rings. The fourth-order valence-electron chi connectivity index (χ4n) is 0.985. The van der Waals surface area contributed by atoms with Gasteiger partial charge in [0.15, 0.2) is 5.82 Å². The molecule has 0 saturated carbocycles. The van der Waals surface area contributed by atoms with Crippen LogP contribution in [0.2, 0.25) is 0 Å². The molecule has 0 atom stereocenters. The summed E-state index contributed by atoms with van der Waals surface area (Å²) in [6.07, 6.45) is 0. The van der Waals surface area contributed by atoms with Crippen LogP contribution in [0.4, 0.5) is 5.82 Å². The van der Waals surface area contributed by atoms with E-state index in [0.29, 0.717) is 5.82 Å². The first-order chi connectivity index (χ1) is 6.88. The van der Waals surface area contributed by atoms with E-state index in [-0.39, 0.29) is 0 Å². The van der Waals surface area contributed by atoms with Crippen LogP contribution in [0.25, 0.3) is 10.9 Å². The fraction of sp³-hybridized carbons (Fsp3) is 0. The van der Waals surface area contributed by atoms with Crippen molar-refractivity contribution in [3.63, 3.8) is 0 Å². The van der Waals surface area contributed by atoms with Gasteiger partial charge in [-0.1, -0.05) is 12.1 Å². The van der Waals surface area contributed by atoms with E-state index in [1.807, 2.05) is 24.3 Å². The van der Waals surface area contributed by atoms with Crippen LogP contribution in [0.15, 0.2) is 24.3 Å². The summed E-state index contributed by atoms with van der Waals surface area (Å²) < 4.78 is 31.6. The van der Waals surface area contributed by atoms with Gasteiger partial charge in [-0.05, 0) is 12.1 Å². The van der Waals surface area contributed by atoms with Crippen molar-refractivity contribution in [1.82, 2.24) is 10.2 Å². The number of benzene rings is 1. The number of nitrogens with two attached hydrogens (primary N) is 1. The zero-order chi connectivity index (χ0) is 11.5. The number of nitrogens with zero attached hydrogens (tertiary/aromatic N) is 1. The van der Waals surface area contributed by atoms with Crippen molar-refractivity contribution in [3.8, 4) is 0 Å². The highest BCUT2D eigenvalue weighted by atomic mass is 32.3. The molecule has 2 aromatic rings. The van der Waals surface area contributed by atoms with Gasteiger partial charge in [-0.15, -0.1) is 0 Å². The molecule has 0 saturated heterocycles. The molecule has 0 aliphatic carbocycles. The average molecular weight is 231 g/mol. The van der Waals surface area contributed by atoms with Crippen LogP contribution in [0.3, 0.4) is 0 Å². The van der Waals surface area contributed by atoms with Gasteiger partial charge in [-0.3, -0.25) is 14.2 Å². The predicted molar refractivity (Wildman–Crippen MR) is 54.7 cm³/mol. The quantitative estimate of drug-likeness (QED) is 0.488. The minimum atomic E-state index is -4.67. The van der Waals surface area contributed by atoms with Crippen molar-refractivity contribution >= 4 is 27.1 Å². The summed E-state index contributed by atoms with van der Waals surface area (Å²) in [6, 6.07) is 7.76. The molecule has 0 bridgehead atoms. The number of aromatic amines is 1. The summed E-state index contributed by atoms with van der Waals surface area (Å²) in [5.41, 5.74) is 6.52. The third-order valence-electron chi connectivity index (χ3n) is 1.50. The van der Waals surface area contributed by atoms with Gasteiger partial charge in [-0.2, -0.15) is 13.5 Å². The Morgan fingerprint density at radius 2 is 1.80 bits per heavy atom. The van der Waals surface area contributed by atoms with Crippen LogP contribution in [0.1, 0.15) is 0 Å². The molecule has 7 nitrogen and oxygen atoms in total. The van der Waals surface area contributed by atoms with Crippen molar-refractivity contribution < 1.29 is 17.5 Å². The van der Waals surface area contributed by atoms with E-state index in [1.165, 1.54) is 0 Å². The van der Waals surface area contributed by atoms with Crippen molar-refractivity contribution in [2.24, 2.45) is 0 Å². The van der Waals surface area contributed by atoms with Gasteiger partial charge in [-0.25, -0.2) is 0 Å². The lowest BCUT2D eigenvalue weighted by atomic mass is 10.2. The number of hydrogen-bond donors (Lipinski definition) is 4. The third-order valence-corrected chi connectivity index (χ3v) is 1.50. The maximum atomic E-state index is 8.74. The lowest BCUT2D eigenvalue weighted by Crippen LogP contribution is -1.89. The number of anilines is 1. The first kappa shape index (κ1) is 11.4. The average Bonchev–Trinajstić information content (AvgIpc) is 2.46. The molecule has 15 heavy (non-hydrogen) atoms. The second kappa shape index (κ2) is 4.26. The molecule has 0 radical (unpaired) electrons. The molecule has 1 heterocycles. The molecule has 0 spiro atoms. The summed E-state index contributed by atoms with van der Waals surface area (Å²) in [6.45, 7) is 0. The van der Waals surface area contributed by atoms with Crippen molar-refractivity contribution in [2.75, 3.05) is 5.73 Å². The minimum absolute atomic E-state index is 0.565. The van der Waals surface area contributed by atoms with Gasteiger partial charge >= 0.3 is 10.4 Å². The van der Waals surface area contributed by atoms with E-state index in [1.54, 1.807) is 0 Å². The first-order valence-electron chi connectivity index (χ1n) is 3.76. The molecule has 82 valence electrons. The molecule has 2 rings (SSSR count). The Hall–Kier alpha value is -1.64. The highest BCUT2D eigenvalue weighted by molar-refractivity contribution is 7.79. The summed E-state index contributed by atoms with van der Waals surface area (Å²) in [5.74, 6) is 0.565. The monoisotopic (exact) mass is 231 g/mol. The number of H-pyrrole nitrogens is 1. The van der Waals surface area contributed by atoms with Crippen molar-refractivity contribution in [3.05, 3.63) is 24.3 Å². The van der Waals surface area contributed by atoms with Crippen LogP contribution in [0, 0.1) is 0 Å². The summed E-state index contributed by atoms with van der Waals surface area (Å²) >= 11 is 0. The number of para-hydroxylation sites is 1. The Balaban J connectivity index is 0.000000195. The molecule has 0 amide bonds. The van der Waals surface area contributed by atoms with Crippen LogP contribution >= 0.6 is 0 Å². The molecule has 0 unspecified atom stereocenters. The second-order valence-electron chi connectivity index (χ2n) is 2.60. The largest absolute Gasteiger partial charge is 0.394 e. The minimum Gasteiger partial charge on any atom is -0.382 e. The first-order valence-corrected chi connectivity index (χ1v) is 5.16. The lowest BCUT2D eigenvalue weighted by Gasteiger charge is -1.84. The number of nitrogens with one attached hydrogen (secondary N) is 1. The molecule has 5 N–H and O–H groups in total. The number of rotatable bonds is 0. The molecule has 1 aromatic heterocycles. The van der Waals surface area contributed by atoms with Crippen molar-refractivity contribution in [2.45, 2.75) is 0 Å². The van der Waals surface area contributed by atoms with Gasteiger partial charge < -0.3 is 5.73 Å². The number of nitrogen functional groups attached to an aromatic ring is 1. The summed E-state index contributed by atoms with van der Waals surface area (Å²) in [5, 5.41) is 7.65. The van der Waals surface area contributed by atoms with Gasteiger partial charge in [0.2, 0.25) is 0 Å². The molecule has 0 aliphatic heterocycles. The SMILES string of the molecule is Nc1n[nH]c2ccccc12.O=S(=O)(O)O. The van der Waals surface area contributed by atoms with Crippen LogP contribution in [-0.4, -0.2) is 27.7 Å². The summed E-state index contributed by atoms with van der Waals surface area (Å²) in [4.78, 5) is 0.